The maximum atomic E-state index is 9.11. The Kier molecular flexibility index (Phi) is 4.32. The molecule has 0 saturated carbocycles. The average Bonchev–Trinajstić information content (AvgIpc) is 2.16. The Morgan fingerprint density at radius 3 is 2.60 bits per heavy atom. The monoisotopic (exact) mass is 271 g/mol. The summed E-state index contributed by atoms with van der Waals surface area (Å²) >= 11 is 3.53. The van der Waals surface area contributed by atoms with Gasteiger partial charge in [0.2, 0.25) is 0 Å². The van der Waals surface area contributed by atoms with Crippen LogP contribution in [0.3, 0.4) is 0 Å². The number of aryl methyl sites for hydroxylation is 1. The summed E-state index contributed by atoms with van der Waals surface area (Å²) in [4.78, 5) is 0. The molecule has 0 aromatic heterocycles. The molecule has 2 nitrogen and oxygen atoms in total. The Balaban J connectivity index is 2.66. The summed E-state index contributed by atoms with van der Waals surface area (Å²) in [6.45, 7) is 6.93. The lowest BCUT2D eigenvalue weighted by molar-refractivity contribution is 0.187. The summed E-state index contributed by atoms with van der Waals surface area (Å²) in [5.74, 6) is 0. The van der Waals surface area contributed by atoms with Crippen LogP contribution in [-0.4, -0.2) is 17.3 Å². The number of hydrogen-bond donors (Lipinski definition) is 2. The predicted molar refractivity (Wildman–Crippen MR) is 66.9 cm³/mol. The van der Waals surface area contributed by atoms with E-state index in [2.05, 4.69) is 46.4 Å². The Hall–Kier alpha value is -0.380. The minimum Gasteiger partial charge on any atom is -0.394 e. The third kappa shape index (κ3) is 3.93. The molecule has 0 unspecified atom stereocenters. The van der Waals surface area contributed by atoms with E-state index in [0.29, 0.717) is 0 Å². The summed E-state index contributed by atoms with van der Waals surface area (Å²) in [5, 5.41) is 12.4. The van der Waals surface area contributed by atoms with E-state index in [-0.39, 0.29) is 12.1 Å². The van der Waals surface area contributed by atoms with E-state index >= 15 is 0 Å². The fourth-order valence-corrected chi connectivity index (χ4v) is 1.82. The van der Waals surface area contributed by atoms with Crippen molar-refractivity contribution >= 4 is 15.9 Å². The molecule has 0 radical (unpaired) electrons. The number of hydrogen-bond acceptors (Lipinski definition) is 2. The standard InChI is InChI=1S/C12H18BrNO/c1-9-4-5-10(11(13)6-9)7-14-12(2,3)8-15/h4-6,14-15H,7-8H2,1-3H3. The molecule has 1 aromatic carbocycles. The van der Waals surface area contributed by atoms with Crippen molar-refractivity contribution in [1.82, 2.24) is 5.32 Å². The summed E-state index contributed by atoms with van der Waals surface area (Å²) < 4.78 is 1.11. The van der Waals surface area contributed by atoms with E-state index in [9.17, 15) is 0 Å². The zero-order valence-corrected chi connectivity index (χ0v) is 11.1. The third-order valence-electron chi connectivity index (χ3n) is 2.36. The van der Waals surface area contributed by atoms with Crippen LogP contribution in [0.5, 0.6) is 0 Å². The van der Waals surface area contributed by atoms with E-state index in [4.69, 9.17) is 5.11 Å². The van der Waals surface area contributed by atoms with Crippen molar-refractivity contribution in [2.24, 2.45) is 0 Å². The Morgan fingerprint density at radius 1 is 1.40 bits per heavy atom. The van der Waals surface area contributed by atoms with Gasteiger partial charge in [-0.3, -0.25) is 0 Å². The SMILES string of the molecule is Cc1ccc(CNC(C)(C)CO)c(Br)c1. The van der Waals surface area contributed by atoms with Crippen molar-refractivity contribution in [2.45, 2.75) is 32.9 Å². The zero-order valence-electron chi connectivity index (χ0n) is 9.47. The summed E-state index contributed by atoms with van der Waals surface area (Å²) in [6, 6.07) is 6.29. The second-order valence-corrected chi connectivity index (χ2v) is 5.34. The topological polar surface area (TPSA) is 32.3 Å². The Bertz CT molecular complexity index is 336. The number of halogens is 1. The highest BCUT2D eigenvalue weighted by atomic mass is 79.9. The van der Waals surface area contributed by atoms with Crippen molar-refractivity contribution < 1.29 is 5.11 Å². The van der Waals surface area contributed by atoms with Gasteiger partial charge < -0.3 is 10.4 Å². The maximum absolute atomic E-state index is 9.11. The highest BCUT2D eigenvalue weighted by molar-refractivity contribution is 9.10. The lowest BCUT2D eigenvalue weighted by Gasteiger charge is -2.24. The lowest BCUT2D eigenvalue weighted by Crippen LogP contribution is -2.42. The van der Waals surface area contributed by atoms with Crippen molar-refractivity contribution in [1.29, 1.82) is 0 Å². The molecule has 0 spiro atoms. The van der Waals surface area contributed by atoms with Gasteiger partial charge in [0.1, 0.15) is 0 Å². The Morgan fingerprint density at radius 2 is 2.07 bits per heavy atom. The second-order valence-electron chi connectivity index (χ2n) is 4.49. The van der Waals surface area contributed by atoms with Crippen molar-refractivity contribution in [3.05, 3.63) is 33.8 Å². The van der Waals surface area contributed by atoms with Gasteiger partial charge in [-0.05, 0) is 38.0 Å². The molecule has 0 atom stereocenters. The highest BCUT2D eigenvalue weighted by Crippen LogP contribution is 2.18. The fraction of sp³-hybridized carbons (Fsp3) is 0.500. The van der Waals surface area contributed by atoms with E-state index in [1.165, 1.54) is 11.1 Å². The third-order valence-corrected chi connectivity index (χ3v) is 3.10. The van der Waals surface area contributed by atoms with Gasteiger partial charge in [-0.15, -0.1) is 0 Å². The molecular formula is C12H18BrNO. The molecule has 0 amide bonds. The molecule has 84 valence electrons. The van der Waals surface area contributed by atoms with Crippen LogP contribution >= 0.6 is 15.9 Å². The fourth-order valence-electron chi connectivity index (χ4n) is 1.19. The smallest absolute Gasteiger partial charge is 0.0607 e. The average molecular weight is 272 g/mol. The van der Waals surface area contributed by atoms with Gasteiger partial charge in [-0.25, -0.2) is 0 Å². The van der Waals surface area contributed by atoms with Gasteiger partial charge in [-0.2, -0.15) is 0 Å². The van der Waals surface area contributed by atoms with Gasteiger partial charge >= 0.3 is 0 Å². The van der Waals surface area contributed by atoms with Gasteiger partial charge in [0.25, 0.3) is 0 Å². The quantitative estimate of drug-likeness (QED) is 0.883. The van der Waals surface area contributed by atoms with Crippen LogP contribution in [0, 0.1) is 6.92 Å². The zero-order chi connectivity index (χ0) is 11.5. The van der Waals surface area contributed by atoms with E-state index in [1.54, 1.807) is 0 Å². The molecule has 1 rings (SSSR count). The van der Waals surface area contributed by atoms with Gasteiger partial charge in [0, 0.05) is 16.6 Å². The van der Waals surface area contributed by atoms with Gasteiger partial charge in [-0.1, -0.05) is 28.1 Å². The van der Waals surface area contributed by atoms with E-state index in [0.717, 1.165) is 11.0 Å². The number of benzene rings is 1. The van der Waals surface area contributed by atoms with E-state index in [1.807, 2.05) is 13.8 Å². The first kappa shape index (κ1) is 12.7. The van der Waals surface area contributed by atoms with Crippen LogP contribution in [-0.2, 0) is 6.54 Å². The van der Waals surface area contributed by atoms with Crippen LogP contribution in [0.15, 0.2) is 22.7 Å². The number of aliphatic hydroxyl groups is 1. The summed E-state index contributed by atoms with van der Waals surface area (Å²) in [7, 11) is 0. The van der Waals surface area contributed by atoms with Crippen molar-refractivity contribution in [3.8, 4) is 0 Å². The molecule has 0 heterocycles. The first-order valence-electron chi connectivity index (χ1n) is 5.05. The molecule has 2 N–H and O–H groups in total. The van der Waals surface area contributed by atoms with Crippen molar-refractivity contribution in [2.75, 3.05) is 6.61 Å². The molecule has 0 saturated heterocycles. The largest absolute Gasteiger partial charge is 0.394 e. The molecule has 15 heavy (non-hydrogen) atoms. The van der Waals surface area contributed by atoms with E-state index < -0.39 is 0 Å². The van der Waals surface area contributed by atoms with Crippen LogP contribution in [0.1, 0.15) is 25.0 Å². The summed E-state index contributed by atoms with van der Waals surface area (Å²) in [5.41, 5.74) is 2.22. The number of rotatable bonds is 4. The molecule has 0 aliphatic rings. The number of nitrogens with one attached hydrogen (secondary N) is 1. The molecule has 0 fully saturated rings. The minimum atomic E-state index is -0.232. The minimum absolute atomic E-state index is 0.135. The first-order valence-corrected chi connectivity index (χ1v) is 5.85. The highest BCUT2D eigenvalue weighted by Gasteiger charge is 2.15. The van der Waals surface area contributed by atoms with Crippen LogP contribution in [0.2, 0.25) is 0 Å². The normalized spacial score (nSPS) is 11.8. The first-order chi connectivity index (χ1) is 6.94. The molecular weight excluding hydrogens is 254 g/mol. The molecule has 1 aromatic rings. The van der Waals surface area contributed by atoms with Crippen LogP contribution < -0.4 is 5.32 Å². The van der Waals surface area contributed by atoms with Crippen LogP contribution in [0.25, 0.3) is 0 Å². The molecule has 0 bridgehead atoms. The predicted octanol–water partition coefficient (Wildman–Crippen LogP) is 2.62. The molecule has 3 heteroatoms. The second kappa shape index (κ2) is 5.10. The van der Waals surface area contributed by atoms with Gasteiger partial charge in [0.15, 0.2) is 0 Å². The van der Waals surface area contributed by atoms with Crippen LogP contribution in [0.4, 0.5) is 0 Å². The lowest BCUT2D eigenvalue weighted by atomic mass is 10.1. The van der Waals surface area contributed by atoms with Crippen molar-refractivity contribution in [3.63, 3.8) is 0 Å². The van der Waals surface area contributed by atoms with Gasteiger partial charge in [0.05, 0.1) is 6.61 Å². The maximum Gasteiger partial charge on any atom is 0.0607 e. The Labute approximate surface area is 99.8 Å². The molecule has 0 aliphatic carbocycles. The number of aliphatic hydroxyl groups excluding tert-OH is 1. The summed E-state index contributed by atoms with van der Waals surface area (Å²) in [6.07, 6.45) is 0. The molecule has 0 aliphatic heterocycles.